The Morgan fingerprint density at radius 3 is 2.11 bits per heavy atom. The van der Waals surface area contributed by atoms with Crippen LogP contribution in [0.4, 0.5) is 0 Å². The number of hydrogen-bond donors (Lipinski definition) is 0. The summed E-state index contributed by atoms with van der Waals surface area (Å²) in [5, 5.41) is 9.19. The maximum Gasteiger partial charge on any atom is 0.261 e. The third-order valence-electron chi connectivity index (χ3n) is 3.89. The number of imide groups is 1. The third kappa shape index (κ3) is 1.37. The quantitative estimate of drug-likeness (QED) is 0.742. The molecule has 0 spiro atoms. The fraction of sp³-hybridized carbons (Fsp3) is 0.357. The summed E-state index contributed by atoms with van der Waals surface area (Å²) in [6, 6.07) is 9.08. The zero-order valence-corrected chi connectivity index (χ0v) is 9.85. The van der Waals surface area contributed by atoms with Crippen LogP contribution < -0.4 is 0 Å². The second kappa shape index (κ2) is 3.67. The van der Waals surface area contributed by atoms with Crippen LogP contribution in [0, 0.1) is 16.7 Å². The third-order valence-corrected chi connectivity index (χ3v) is 3.89. The van der Waals surface area contributed by atoms with Gasteiger partial charge in [0.25, 0.3) is 11.8 Å². The van der Waals surface area contributed by atoms with Crippen molar-refractivity contribution in [3.05, 3.63) is 35.4 Å². The van der Waals surface area contributed by atoms with E-state index in [-0.39, 0.29) is 18.4 Å². The van der Waals surface area contributed by atoms with E-state index in [1.54, 1.807) is 24.3 Å². The van der Waals surface area contributed by atoms with Gasteiger partial charge in [-0.2, -0.15) is 5.26 Å². The molecule has 0 N–H and O–H groups in total. The fourth-order valence-corrected chi connectivity index (χ4v) is 2.59. The summed E-state index contributed by atoms with van der Waals surface area (Å²) in [6.45, 7) is 0.232. The van der Waals surface area contributed by atoms with E-state index in [9.17, 15) is 14.9 Å². The summed E-state index contributed by atoms with van der Waals surface area (Å²) < 4.78 is 0. The Labute approximate surface area is 105 Å². The van der Waals surface area contributed by atoms with Crippen LogP contribution in [-0.4, -0.2) is 23.3 Å². The molecule has 3 rings (SSSR count). The minimum atomic E-state index is -0.507. The molecule has 1 fully saturated rings. The lowest BCUT2D eigenvalue weighted by Crippen LogP contribution is -2.43. The molecule has 18 heavy (non-hydrogen) atoms. The van der Waals surface area contributed by atoms with Crippen LogP contribution in [0.15, 0.2) is 24.3 Å². The van der Waals surface area contributed by atoms with Crippen LogP contribution in [0.25, 0.3) is 0 Å². The van der Waals surface area contributed by atoms with E-state index in [1.807, 2.05) is 0 Å². The summed E-state index contributed by atoms with van der Waals surface area (Å²) in [5.41, 5.74) is 0.401. The van der Waals surface area contributed by atoms with Crippen molar-refractivity contribution in [1.29, 1.82) is 5.26 Å². The first-order valence-electron chi connectivity index (χ1n) is 6.03. The first-order chi connectivity index (χ1) is 8.67. The van der Waals surface area contributed by atoms with Crippen LogP contribution in [0.3, 0.4) is 0 Å². The first kappa shape index (κ1) is 11.0. The highest BCUT2D eigenvalue weighted by molar-refractivity contribution is 6.21. The maximum atomic E-state index is 12.1. The Kier molecular flexibility index (Phi) is 2.24. The zero-order chi connectivity index (χ0) is 12.8. The van der Waals surface area contributed by atoms with Crippen molar-refractivity contribution in [2.75, 3.05) is 6.54 Å². The summed E-state index contributed by atoms with van der Waals surface area (Å²) >= 11 is 0. The lowest BCUT2D eigenvalue weighted by atomic mass is 9.69. The van der Waals surface area contributed by atoms with Gasteiger partial charge in [-0.1, -0.05) is 18.6 Å². The Hall–Kier alpha value is -2.15. The normalized spacial score (nSPS) is 20.3. The second-order valence-electron chi connectivity index (χ2n) is 4.99. The maximum absolute atomic E-state index is 12.1. The predicted molar refractivity (Wildman–Crippen MR) is 63.7 cm³/mol. The van der Waals surface area contributed by atoms with Gasteiger partial charge in [0.2, 0.25) is 0 Å². The number of rotatable bonds is 2. The number of nitrogens with zero attached hydrogens (tertiary/aromatic N) is 2. The van der Waals surface area contributed by atoms with Crippen LogP contribution in [0.1, 0.15) is 40.0 Å². The van der Waals surface area contributed by atoms with E-state index in [1.165, 1.54) is 4.90 Å². The van der Waals surface area contributed by atoms with Crippen LogP contribution in [-0.2, 0) is 0 Å². The van der Waals surface area contributed by atoms with Gasteiger partial charge in [0.05, 0.1) is 22.6 Å². The van der Waals surface area contributed by atoms with Crippen molar-refractivity contribution >= 4 is 11.8 Å². The smallest absolute Gasteiger partial charge is 0.261 e. The number of hydrogen-bond acceptors (Lipinski definition) is 3. The Bertz CT molecular complexity index is 547. The van der Waals surface area contributed by atoms with E-state index in [0.717, 1.165) is 19.3 Å². The van der Waals surface area contributed by atoms with Gasteiger partial charge < -0.3 is 0 Å². The monoisotopic (exact) mass is 240 g/mol. The molecule has 0 bridgehead atoms. The molecule has 1 heterocycles. The summed E-state index contributed by atoms with van der Waals surface area (Å²) in [4.78, 5) is 25.5. The SMILES string of the molecule is N#CC1(CN2C(=O)c3ccccc3C2=O)CCC1. The van der Waals surface area contributed by atoms with Gasteiger partial charge in [-0.25, -0.2) is 0 Å². The number of carbonyl (C=O) groups excluding carboxylic acids is 2. The van der Waals surface area contributed by atoms with E-state index < -0.39 is 5.41 Å². The molecule has 0 unspecified atom stereocenters. The van der Waals surface area contributed by atoms with Crippen molar-refractivity contribution in [1.82, 2.24) is 4.90 Å². The average Bonchev–Trinajstić information content (AvgIpc) is 2.59. The van der Waals surface area contributed by atoms with Gasteiger partial charge in [0.15, 0.2) is 0 Å². The number of benzene rings is 1. The molecule has 1 aliphatic carbocycles. The van der Waals surface area contributed by atoms with E-state index in [2.05, 4.69) is 6.07 Å². The van der Waals surface area contributed by atoms with Gasteiger partial charge in [0, 0.05) is 6.54 Å². The molecule has 90 valence electrons. The van der Waals surface area contributed by atoms with Crippen molar-refractivity contribution in [3.63, 3.8) is 0 Å². The zero-order valence-electron chi connectivity index (χ0n) is 9.85. The summed E-state index contributed by atoms with van der Waals surface area (Å²) in [5.74, 6) is -0.533. The van der Waals surface area contributed by atoms with E-state index in [0.29, 0.717) is 11.1 Å². The van der Waals surface area contributed by atoms with Gasteiger partial charge in [-0.15, -0.1) is 0 Å². The van der Waals surface area contributed by atoms with E-state index >= 15 is 0 Å². The number of amides is 2. The molecule has 1 aliphatic heterocycles. The number of fused-ring (bicyclic) bond motifs is 1. The first-order valence-corrected chi connectivity index (χ1v) is 6.03. The van der Waals surface area contributed by atoms with Crippen molar-refractivity contribution < 1.29 is 9.59 Å². The van der Waals surface area contributed by atoms with Crippen LogP contribution in [0.2, 0.25) is 0 Å². The second-order valence-corrected chi connectivity index (χ2v) is 4.99. The molecular formula is C14H12N2O2. The van der Waals surface area contributed by atoms with Crippen molar-refractivity contribution in [2.45, 2.75) is 19.3 Å². The van der Waals surface area contributed by atoms with Gasteiger partial charge in [-0.3, -0.25) is 14.5 Å². The minimum absolute atomic E-state index is 0.232. The fourth-order valence-electron chi connectivity index (χ4n) is 2.59. The van der Waals surface area contributed by atoms with Crippen molar-refractivity contribution in [3.8, 4) is 6.07 Å². The highest BCUT2D eigenvalue weighted by Crippen LogP contribution is 2.42. The summed E-state index contributed by atoms with van der Waals surface area (Å²) in [7, 11) is 0. The predicted octanol–water partition coefficient (Wildman–Crippen LogP) is 1.98. The topological polar surface area (TPSA) is 61.2 Å². The van der Waals surface area contributed by atoms with Crippen LogP contribution >= 0.6 is 0 Å². The minimum Gasteiger partial charge on any atom is -0.273 e. The van der Waals surface area contributed by atoms with Gasteiger partial charge >= 0.3 is 0 Å². The molecule has 0 aromatic heterocycles. The molecule has 2 aliphatic rings. The molecule has 0 atom stereocenters. The Morgan fingerprint density at radius 1 is 1.17 bits per heavy atom. The summed E-state index contributed by atoms with van der Waals surface area (Å²) in [6.07, 6.45) is 2.55. The van der Waals surface area contributed by atoms with Gasteiger partial charge in [0.1, 0.15) is 0 Å². The Balaban J connectivity index is 1.91. The van der Waals surface area contributed by atoms with Crippen molar-refractivity contribution in [2.24, 2.45) is 5.41 Å². The molecule has 0 saturated heterocycles. The average molecular weight is 240 g/mol. The molecule has 4 nitrogen and oxygen atoms in total. The molecule has 0 radical (unpaired) electrons. The molecule has 1 aromatic rings. The Morgan fingerprint density at radius 2 is 1.72 bits per heavy atom. The highest BCUT2D eigenvalue weighted by atomic mass is 16.2. The standard InChI is InChI=1S/C14H12N2O2/c15-8-14(6-3-7-14)9-16-12(17)10-4-1-2-5-11(10)13(16)18/h1-2,4-5H,3,6-7,9H2. The molecular weight excluding hydrogens is 228 g/mol. The largest absolute Gasteiger partial charge is 0.273 e. The van der Waals surface area contributed by atoms with Crippen LogP contribution in [0.5, 0.6) is 0 Å². The molecule has 4 heteroatoms. The van der Waals surface area contributed by atoms with E-state index in [4.69, 9.17) is 0 Å². The van der Waals surface area contributed by atoms with Gasteiger partial charge in [-0.05, 0) is 25.0 Å². The number of nitriles is 1. The molecule has 1 saturated carbocycles. The molecule has 1 aromatic carbocycles. The lowest BCUT2D eigenvalue weighted by molar-refractivity contribution is 0.0539. The lowest BCUT2D eigenvalue weighted by Gasteiger charge is -2.37. The highest BCUT2D eigenvalue weighted by Gasteiger charge is 2.44. The number of carbonyl (C=O) groups is 2. The molecule has 2 amide bonds.